The average molecular weight is 195 g/mol. The van der Waals surface area contributed by atoms with Gasteiger partial charge in [0.2, 0.25) is 0 Å². The fraction of sp³-hybridized carbons (Fsp3) is 0.727. The SMILES string of the molecule is CNCC(C)c1cc(C(C)C)nn1C. The number of rotatable bonds is 4. The lowest BCUT2D eigenvalue weighted by molar-refractivity contribution is 0.601. The number of nitrogens with zero attached hydrogens (tertiary/aromatic N) is 2. The summed E-state index contributed by atoms with van der Waals surface area (Å²) in [6.07, 6.45) is 0. The maximum Gasteiger partial charge on any atom is 0.0652 e. The van der Waals surface area contributed by atoms with E-state index in [9.17, 15) is 0 Å². The fourth-order valence-electron chi connectivity index (χ4n) is 1.66. The first-order valence-corrected chi connectivity index (χ1v) is 5.24. The minimum atomic E-state index is 0.511. The monoisotopic (exact) mass is 195 g/mol. The van der Waals surface area contributed by atoms with Crippen molar-refractivity contribution >= 4 is 0 Å². The largest absolute Gasteiger partial charge is 0.319 e. The van der Waals surface area contributed by atoms with Crippen molar-refractivity contribution in [2.24, 2.45) is 7.05 Å². The van der Waals surface area contributed by atoms with E-state index in [1.807, 2.05) is 18.8 Å². The van der Waals surface area contributed by atoms with E-state index in [2.05, 4.69) is 37.3 Å². The molecule has 1 rings (SSSR count). The van der Waals surface area contributed by atoms with Crippen LogP contribution < -0.4 is 5.32 Å². The molecule has 0 radical (unpaired) electrons. The molecule has 0 aliphatic heterocycles. The van der Waals surface area contributed by atoms with Gasteiger partial charge in [0.15, 0.2) is 0 Å². The molecule has 80 valence electrons. The van der Waals surface area contributed by atoms with Crippen molar-refractivity contribution in [3.63, 3.8) is 0 Å². The Kier molecular flexibility index (Phi) is 3.69. The summed E-state index contributed by atoms with van der Waals surface area (Å²) in [6.45, 7) is 7.57. The van der Waals surface area contributed by atoms with E-state index < -0.39 is 0 Å². The topological polar surface area (TPSA) is 29.9 Å². The number of hydrogen-bond donors (Lipinski definition) is 1. The van der Waals surface area contributed by atoms with Crippen LogP contribution in [0, 0.1) is 0 Å². The minimum absolute atomic E-state index is 0.511. The van der Waals surface area contributed by atoms with Gasteiger partial charge >= 0.3 is 0 Å². The number of likely N-dealkylation sites (N-methyl/N-ethyl adjacent to an activating group) is 1. The Bertz CT molecular complexity index is 289. The van der Waals surface area contributed by atoms with E-state index in [4.69, 9.17) is 0 Å². The first-order valence-electron chi connectivity index (χ1n) is 5.24. The normalized spacial score (nSPS) is 13.6. The maximum absolute atomic E-state index is 4.50. The van der Waals surface area contributed by atoms with Crippen molar-refractivity contribution in [2.75, 3.05) is 13.6 Å². The number of hydrogen-bond acceptors (Lipinski definition) is 2. The van der Waals surface area contributed by atoms with Crippen molar-refractivity contribution in [3.05, 3.63) is 17.5 Å². The van der Waals surface area contributed by atoms with Crippen LogP contribution in [0.5, 0.6) is 0 Å². The Balaban J connectivity index is 2.86. The number of nitrogens with one attached hydrogen (secondary N) is 1. The quantitative estimate of drug-likeness (QED) is 0.795. The summed E-state index contributed by atoms with van der Waals surface area (Å²) in [5.41, 5.74) is 2.49. The van der Waals surface area contributed by atoms with Crippen LogP contribution in [-0.2, 0) is 7.05 Å². The number of aryl methyl sites for hydroxylation is 1. The zero-order valence-electron chi connectivity index (χ0n) is 9.83. The third kappa shape index (κ3) is 2.35. The third-order valence-corrected chi connectivity index (χ3v) is 2.54. The van der Waals surface area contributed by atoms with E-state index in [0.29, 0.717) is 11.8 Å². The van der Waals surface area contributed by atoms with Gasteiger partial charge in [-0.05, 0) is 19.0 Å². The molecule has 0 spiro atoms. The summed E-state index contributed by atoms with van der Waals surface area (Å²) in [5.74, 6) is 1.03. The highest BCUT2D eigenvalue weighted by Crippen LogP contribution is 2.19. The number of aromatic nitrogens is 2. The molecule has 14 heavy (non-hydrogen) atoms. The Morgan fingerprint density at radius 2 is 2.07 bits per heavy atom. The maximum atomic E-state index is 4.50. The molecule has 0 bridgehead atoms. The predicted octanol–water partition coefficient (Wildman–Crippen LogP) is 1.87. The molecule has 0 aromatic carbocycles. The molecule has 0 aliphatic carbocycles. The molecule has 1 atom stereocenters. The van der Waals surface area contributed by atoms with Gasteiger partial charge in [-0.2, -0.15) is 5.10 Å². The molecular weight excluding hydrogens is 174 g/mol. The summed E-state index contributed by atoms with van der Waals surface area (Å²) < 4.78 is 2.00. The lowest BCUT2D eigenvalue weighted by Gasteiger charge is -2.10. The van der Waals surface area contributed by atoms with Crippen LogP contribution in [0.1, 0.15) is 44.0 Å². The molecule has 3 heteroatoms. The Morgan fingerprint density at radius 1 is 1.43 bits per heavy atom. The van der Waals surface area contributed by atoms with E-state index in [-0.39, 0.29) is 0 Å². The van der Waals surface area contributed by atoms with Gasteiger partial charge in [0.25, 0.3) is 0 Å². The van der Waals surface area contributed by atoms with Gasteiger partial charge in [0, 0.05) is 25.2 Å². The van der Waals surface area contributed by atoms with Crippen molar-refractivity contribution in [1.29, 1.82) is 0 Å². The zero-order valence-corrected chi connectivity index (χ0v) is 9.83. The van der Waals surface area contributed by atoms with Crippen LogP contribution in [0.4, 0.5) is 0 Å². The molecule has 0 saturated heterocycles. The van der Waals surface area contributed by atoms with E-state index in [0.717, 1.165) is 6.54 Å². The summed E-state index contributed by atoms with van der Waals surface area (Å²) in [7, 11) is 4.00. The van der Waals surface area contributed by atoms with Crippen LogP contribution in [0.25, 0.3) is 0 Å². The van der Waals surface area contributed by atoms with Crippen LogP contribution in [-0.4, -0.2) is 23.4 Å². The van der Waals surface area contributed by atoms with Crippen LogP contribution in [0.2, 0.25) is 0 Å². The molecule has 3 nitrogen and oxygen atoms in total. The van der Waals surface area contributed by atoms with Gasteiger partial charge in [-0.1, -0.05) is 20.8 Å². The van der Waals surface area contributed by atoms with Gasteiger partial charge in [-0.15, -0.1) is 0 Å². The molecule has 1 unspecified atom stereocenters. The molecule has 1 aromatic rings. The van der Waals surface area contributed by atoms with Crippen molar-refractivity contribution in [1.82, 2.24) is 15.1 Å². The van der Waals surface area contributed by atoms with Gasteiger partial charge in [-0.3, -0.25) is 4.68 Å². The molecule has 0 amide bonds. The lowest BCUT2D eigenvalue weighted by atomic mass is 10.1. The highest BCUT2D eigenvalue weighted by molar-refractivity contribution is 5.16. The molecule has 1 aromatic heterocycles. The van der Waals surface area contributed by atoms with Crippen LogP contribution in [0.3, 0.4) is 0 Å². The van der Waals surface area contributed by atoms with Crippen molar-refractivity contribution < 1.29 is 0 Å². The van der Waals surface area contributed by atoms with Gasteiger partial charge in [-0.25, -0.2) is 0 Å². The first-order chi connectivity index (χ1) is 6.56. The lowest BCUT2D eigenvalue weighted by Crippen LogP contribution is -2.16. The van der Waals surface area contributed by atoms with E-state index in [1.54, 1.807) is 0 Å². The van der Waals surface area contributed by atoms with Crippen molar-refractivity contribution in [2.45, 2.75) is 32.6 Å². The van der Waals surface area contributed by atoms with Crippen LogP contribution >= 0.6 is 0 Å². The molecule has 0 aliphatic rings. The minimum Gasteiger partial charge on any atom is -0.319 e. The van der Waals surface area contributed by atoms with Crippen molar-refractivity contribution in [3.8, 4) is 0 Å². The summed E-state index contributed by atoms with van der Waals surface area (Å²) in [5, 5.41) is 7.69. The molecule has 1 N–H and O–H groups in total. The van der Waals surface area contributed by atoms with Crippen LogP contribution in [0.15, 0.2) is 6.07 Å². The standard InChI is InChI=1S/C11H21N3/c1-8(2)10-6-11(14(5)13-10)9(3)7-12-4/h6,8-9,12H,7H2,1-5H3. The van der Waals surface area contributed by atoms with Gasteiger partial charge < -0.3 is 5.32 Å². The molecule has 0 saturated carbocycles. The summed E-state index contributed by atoms with van der Waals surface area (Å²) in [6, 6.07) is 2.21. The fourth-order valence-corrected chi connectivity index (χ4v) is 1.66. The Hall–Kier alpha value is -0.830. The molecular formula is C11H21N3. The van der Waals surface area contributed by atoms with Gasteiger partial charge in [0.05, 0.1) is 5.69 Å². The second-order valence-corrected chi connectivity index (χ2v) is 4.23. The summed E-state index contributed by atoms with van der Waals surface area (Å²) in [4.78, 5) is 0. The molecule has 0 fully saturated rings. The first kappa shape index (κ1) is 11.2. The highest BCUT2D eigenvalue weighted by Gasteiger charge is 2.13. The molecule has 1 heterocycles. The Morgan fingerprint density at radius 3 is 2.50 bits per heavy atom. The second-order valence-electron chi connectivity index (χ2n) is 4.23. The smallest absolute Gasteiger partial charge is 0.0652 e. The highest BCUT2D eigenvalue weighted by atomic mass is 15.3. The Labute approximate surface area is 86.5 Å². The predicted molar refractivity (Wildman–Crippen MR) is 59.6 cm³/mol. The van der Waals surface area contributed by atoms with E-state index in [1.165, 1.54) is 11.4 Å². The average Bonchev–Trinajstić information content (AvgIpc) is 2.48. The zero-order chi connectivity index (χ0) is 10.7. The van der Waals surface area contributed by atoms with Gasteiger partial charge in [0.1, 0.15) is 0 Å². The van der Waals surface area contributed by atoms with E-state index >= 15 is 0 Å². The second kappa shape index (κ2) is 4.60. The third-order valence-electron chi connectivity index (χ3n) is 2.54. The summed E-state index contributed by atoms with van der Waals surface area (Å²) >= 11 is 0.